The minimum atomic E-state index is -0.0856. The first-order chi connectivity index (χ1) is 7.18. The number of rotatable bonds is 5. The van der Waals surface area contributed by atoms with Crippen molar-refractivity contribution in [3.05, 3.63) is 0 Å². The first-order valence-corrected chi connectivity index (χ1v) is 5.77. The number of hydrogen-bond donors (Lipinski definition) is 1. The van der Waals surface area contributed by atoms with E-state index in [-0.39, 0.29) is 5.97 Å². The van der Waals surface area contributed by atoms with Crippen molar-refractivity contribution in [1.29, 1.82) is 0 Å². The zero-order valence-corrected chi connectivity index (χ0v) is 9.79. The second-order valence-electron chi connectivity index (χ2n) is 4.43. The molecule has 0 unspecified atom stereocenters. The largest absolute Gasteiger partial charge is 0.465 e. The Labute approximate surface area is 92.0 Å². The molecular formula is C11H22N2O2. The monoisotopic (exact) mass is 214 g/mol. The summed E-state index contributed by atoms with van der Waals surface area (Å²) in [7, 11) is 0. The number of carbonyl (C=O) groups excluding carboxylic acids is 1. The van der Waals surface area contributed by atoms with E-state index in [4.69, 9.17) is 4.74 Å². The Balaban J connectivity index is 2.06. The second kappa shape index (κ2) is 6.80. The molecule has 0 aliphatic carbocycles. The summed E-state index contributed by atoms with van der Waals surface area (Å²) in [4.78, 5) is 13.5. The lowest BCUT2D eigenvalue weighted by Crippen LogP contribution is -2.45. The van der Waals surface area contributed by atoms with E-state index < -0.39 is 0 Å². The molecular weight excluding hydrogens is 192 g/mol. The Morgan fingerprint density at radius 2 is 2.07 bits per heavy atom. The molecule has 1 heterocycles. The highest BCUT2D eigenvalue weighted by Crippen LogP contribution is 2.00. The van der Waals surface area contributed by atoms with Gasteiger partial charge < -0.3 is 10.1 Å². The van der Waals surface area contributed by atoms with Crippen molar-refractivity contribution in [3.8, 4) is 0 Å². The van der Waals surface area contributed by atoms with Crippen LogP contribution in [0.4, 0.5) is 0 Å². The van der Waals surface area contributed by atoms with Crippen molar-refractivity contribution < 1.29 is 9.53 Å². The van der Waals surface area contributed by atoms with Crippen LogP contribution in [-0.2, 0) is 9.53 Å². The quantitative estimate of drug-likeness (QED) is 0.676. The van der Waals surface area contributed by atoms with Gasteiger partial charge in [0, 0.05) is 26.2 Å². The molecule has 88 valence electrons. The fourth-order valence-corrected chi connectivity index (χ4v) is 1.51. The van der Waals surface area contributed by atoms with E-state index in [1.807, 2.05) is 0 Å². The Kier molecular flexibility index (Phi) is 5.65. The van der Waals surface area contributed by atoms with E-state index >= 15 is 0 Å². The van der Waals surface area contributed by atoms with Gasteiger partial charge in [-0.1, -0.05) is 13.8 Å². The normalized spacial score (nSPS) is 18.1. The minimum Gasteiger partial charge on any atom is -0.465 e. The number of nitrogens with zero attached hydrogens (tertiary/aromatic N) is 1. The zero-order chi connectivity index (χ0) is 11.1. The Morgan fingerprint density at radius 1 is 1.40 bits per heavy atom. The Morgan fingerprint density at radius 3 is 2.67 bits per heavy atom. The number of esters is 1. The minimum absolute atomic E-state index is 0.0856. The van der Waals surface area contributed by atoms with Gasteiger partial charge in [0.05, 0.1) is 13.2 Å². The van der Waals surface area contributed by atoms with Crippen LogP contribution in [0.5, 0.6) is 0 Å². The topological polar surface area (TPSA) is 41.6 Å². The molecule has 0 amide bonds. The molecule has 1 saturated heterocycles. The van der Waals surface area contributed by atoms with Crippen LogP contribution in [0.15, 0.2) is 0 Å². The average Bonchev–Trinajstić information content (AvgIpc) is 2.18. The highest BCUT2D eigenvalue weighted by atomic mass is 16.5. The molecule has 0 aromatic carbocycles. The van der Waals surface area contributed by atoms with Gasteiger partial charge in [0.2, 0.25) is 0 Å². The number of piperazine rings is 1. The number of hydrogen-bond acceptors (Lipinski definition) is 4. The van der Waals surface area contributed by atoms with Gasteiger partial charge in [-0.3, -0.25) is 9.69 Å². The maximum Gasteiger partial charge on any atom is 0.320 e. The van der Waals surface area contributed by atoms with Crippen LogP contribution in [0.1, 0.15) is 20.3 Å². The van der Waals surface area contributed by atoms with E-state index in [2.05, 4.69) is 24.1 Å². The summed E-state index contributed by atoms with van der Waals surface area (Å²) in [6.45, 7) is 9.09. The van der Waals surface area contributed by atoms with E-state index in [9.17, 15) is 4.79 Å². The van der Waals surface area contributed by atoms with Gasteiger partial charge in [-0.05, 0) is 12.3 Å². The highest BCUT2D eigenvalue weighted by molar-refractivity contribution is 5.71. The fourth-order valence-electron chi connectivity index (χ4n) is 1.51. The molecule has 0 radical (unpaired) electrons. The predicted molar refractivity (Wildman–Crippen MR) is 59.7 cm³/mol. The summed E-state index contributed by atoms with van der Waals surface area (Å²) >= 11 is 0. The predicted octanol–water partition coefficient (Wildman–Crippen LogP) is 0.481. The third kappa shape index (κ3) is 5.74. The smallest absolute Gasteiger partial charge is 0.320 e. The summed E-state index contributed by atoms with van der Waals surface area (Å²) in [5.41, 5.74) is 0. The average molecular weight is 214 g/mol. The van der Waals surface area contributed by atoms with Crippen molar-refractivity contribution in [2.24, 2.45) is 5.92 Å². The van der Waals surface area contributed by atoms with Crippen LogP contribution < -0.4 is 5.32 Å². The molecule has 0 bridgehead atoms. The second-order valence-corrected chi connectivity index (χ2v) is 4.43. The van der Waals surface area contributed by atoms with Gasteiger partial charge in [-0.2, -0.15) is 0 Å². The summed E-state index contributed by atoms with van der Waals surface area (Å²) in [6.07, 6.45) is 0.952. The number of carbonyl (C=O) groups is 1. The van der Waals surface area contributed by atoms with Crippen molar-refractivity contribution in [2.75, 3.05) is 39.3 Å². The molecule has 1 N–H and O–H groups in total. The van der Waals surface area contributed by atoms with Gasteiger partial charge in [0.15, 0.2) is 0 Å². The fraction of sp³-hybridized carbons (Fsp3) is 0.909. The molecule has 4 heteroatoms. The number of nitrogens with one attached hydrogen (secondary N) is 1. The Bertz CT molecular complexity index is 189. The third-order valence-electron chi connectivity index (χ3n) is 2.52. The van der Waals surface area contributed by atoms with Crippen LogP contribution >= 0.6 is 0 Å². The maximum absolute atomic E-state index is 11.4. The molecule has 1 rings (SSSR count). The SMILES string of the molecule is CC(C)CCOC(=O)CN1CCNCC1. The lowest BCUT2D eigenvalue weighted by Gasteiger charge is -2.26. The van der Waals surface area contributed by atoms with Gasteiger partial charge in [-0.15, -0.1) is 0 Å². The van der Waals surface area contributed by atoms with Crippen molar-refractivity contribution in [3.63, 3.8) is 0 Å². The molecule has 0 spiro atoms. The number of ether oxygens (including phenoxy) is 1. The van der Waals surface area contributed by atoms with Gasteiger partial charge in [0.25, 0.3) is 0 Å². The van der Waals surface area contributed by atoms with E-state index in [1.54, 1.807) is 0 Å². The molecule has 0 atom stereocenters. The zero-order valence-electron chi connectivity index (χ0n) is 9.79. The van der Waals surface area contributed by atoms with E-state index in [1.165, 1.54) is 0 Å². The van der Waals surface area contributed by atoms with Crippen molar-refractivity contribution in [2.45, 2.75) is 20.3 Å². The molecule has 0 saturated carbocycles. The van der Waals surface area contributed by atoms with Crippen LogP contribution in [0, 0.1) is 5.92 Å². The summed E-state index contributed by atoms with van der Waals surface area (Å²) in [6, 6.07) is 0. The van der Waals surface area contributed by atoms with Crippen LogP contribution in [-0.4, -0.2) is 50.2 Å². The molecule has 15 heavy (non-hydrogen) atoms. The van der Waals surface area contributed by atoms with Gasteiger partial charge in [-0.25, -0.2) is 0 Å². The lowest BCUT2D eigenvalue weighted by atomic mass is 10.1. The first kappa shape index (κ1) is 12.5. The summed E-state index contributed by atoms with van der Waals surface area (Å²) < 4.78 is 5.15. The maximum atomic E-state index is 11.4. The Hall–Kier alpha value is -0.610. The van der Waals surface area contributed by atoms with Crippen LogP contribution in [0.25, 0.3) is 0 Å². The van der Waals surface area contributed by atoms with Gasteiger partial charge in [0.1, 0.15) is 0 Å². The lowest BCUT2D eigenvalue weighted by molar-refractivity contribution is -0.145. The highest BCUT2D eigenvalue weighted by Gasteiger charge is 2.14. The van der Waals surface area contributed by atoms with Crippen LogP contribution in [0.3, 0.4) is 0 Å². The van der Waals surface area contributed by atoms with E-state index in [0.29, 0.717) is 19.1 Å². The molecule has 0 aromatic heterocycles. The molecule has 4 nitrogen and oxygen atoms in total. The standard InChI is InChI=1S/C11H22N2O2/c1-10(2)3-8-15-11(14)9-13-6-4-12-5-7-13/h10,12H,3-9H2,1-2H3. The third-order valence-corrected chi connectivity index (χ3v) is 2.52. The molecule has 0 aromatic rings. The summed E-state index contributed by atoms with van der Waals surface area (Å²) in [5, 5.41) is 3.25. The molecule has 1 aliphatic rings. The van der Waals surface area contributed by atoms with Crippen molar-refractivity contribution >= 4 is 5.97 Å². The first-order valence-electron chi connectivity index (χ1n) is 5.77. The van der Waals surface area contributed by atoms with Crippen molar-refractivity contribution in [1.82, 2.24) is 10.2 Å². The molecule has 1 aliphatic heterocycles. The molecule has 1 fully saturated rings. The van der Waals surface area contributed by atoms with E-state index in [0.717, 1.165) is 32.6 Å². The van der Waals surface area contributed by atoms with Crippen LogP contribution in [0.2, 0.25) is 0 Å². The summed E-state index contributed by atoms with van der Waals surface area (Å²) in [5.74, 6) is 0.509. The van der Waals surface area contributed by atoms with Gasteiger partial charge >= 0.3 is 5.97 Å².